The molecule has 1 spiro atoms. The maximum Gasteiger partial charge on any atom is 0.187 e. The zero-order valence-corrected chi connectivity index (χ0v) is 35.0. The van der Waals surface area contributed by atoms with Crippen molar-refractivity contribution in [1.29, 1.82) is 0 Å². The van der Waals surface area contributed by atoms with Crippen molar-refractivity contribution < 1.29 is 59.4 Å². The molecule has 0 amide bonds. The Bertz CT molecular complexity index is 1510. The van der Waals surface area contributed by atoms with Crippen molar-refractivity contribution in [2.45, 2.75) is 187 Å². The maximum absolute atomic E-state index is 12.3. The molecule has 0 aromatic carbocycles. The van der Waals surface area contributed by atoms with Crippen molar-refractivity contribution in [3.05, 3.63) is 12.2 Å². The molecule has 3 saturated heterocycles. The van der Waals surface area contributed by atoms with Crippen molar-refractivity contribution in [2.75, 3.05) is 19.8 Å². The van der Waals surface area contributed by atoms with E-state index in [1.54, 1.807) is 6.92 Å². The first-order valence-electron chi connectivity index (χ1n) is 21.8. The average Bonchev–Trinajstić information content (AvgIpc) is 3.14. The van der Waals surface area contributed by atoms with Crippen LogP contribution in [0.4, 0.5) is 0 Å². The van der Waals surface area contributed by atoms with Crippen molar-refractivity contribution >= 4 is 0 Å². The van der Waals surface area contributed by atoms with Gasteiger partial charge in [-0.2, -0.15) is 0 Å². The lowest BCUT2D eigenvalue weighted by Crippen LogP contribution is -2.75. The van der Waals surface area contributed by atoms with Crippen molar-refractivity contribution in [2.24, 2.45) is 55.7 Å². The van der Waals surface area contributed by atoms with Crippen LogP contribution in [-0.4, -0.2) is 129 Å². The Morgan fingerprint density at radius 3 is 2.14 bits per heavy atom. The predicted octanol–water partition coefficient (Wildman–Crippen LogP) is 3.44. The van der Waals surface area contributed by atoms with Gasteiger partial charge in [0.25, 0.3) is 0 Å². The van der Waals surface area contributed by atoms with Gasteiger partial charge < -0.3 is 59.4 Å². The van der Waals surface area contributed by atoms with Crippen molar-refractivity contribution in [1.82, 2.24) is 0 Å². The van der Waals surface area contributed by atoms with Gasteiger partial charge in [-0.1, -0.05) is 60.6 Å². The van der Waals surface area contributed by atoms with E-state index in [1.807, 2.05) is 0 Å². The fourth-order valence-corrected chi connectivity index (χ4v) is 15.0. The third-order valence-corrected chi connectivity index (χ3v) is 18.8. The van der Waals surface area contributed by atoms with Crippen LogP contribution in [-0.2, 0) is 23.7 Å². The number of allylic oxidation sites excluding steroid dienone is 1. The molecule has 12 heteroatoms. The van der Waals surface area contributed by atoms with Crippen molar-refractivity contribution in [3.63, 3.8) is 0 Å². The van der Waals surface area contributed by atoms with Crippen LogP contribution in [0.1, 0.15) is 113 Å². The molecule has 7 N–H and O–H groups in total. The minimum absolute atomic E-state index is 0.0517. The van der Waals surface area contributed by atoms with Gasteiger partial charge in [0.15, 0.2) is 12.6 Å². The zero-order chi connectivity index (χ0) is 40.6. The topological polar surface area (TPSA) is 188 Å². The molecule has 7 fully saturated rings. The van der Waals surface area contributed by atoms with E-state index in [4.69, 9.17) is 23.7 Å². The predicted molar refractivity (Wildman–Crippen MR) is 205 cm³/mol. The van der Waals surface area contributed by atoms with Gasteiger partial charge in [0.1, 0.15) is 42.7 Å². The second-order valence-corrected chi connectivity index (χ2v) is 21.6. The van der Waals surface area contributed by atoms with Crippen LogP contribution in [0.15, 0.2) is 12.2 Å². The minimum atomic E-state index is -1.69. The molecule has 320 valence electrons. The smallest absolute Gasteiger partial charge is 0.187 e. The molecule has 21 atom stereocenters. The summed E-state index contributed by atoms with van der Waals surface area (Å²) in [5, 5.41) is 76.1. The highest BCUT2D eigenvalue weighted by atomic mass is 16.7. The molecule has 2 bridgehead atoms. The standard InChI is InChI=1S/C44H72O12/c1-9-39(5)25-10-14-41(7)26(11-15-44-22-52-21-43(28(46)19-42(41,44)8)17-16-38(3,4)18-27(43)44)40(25,6)13-12-29(39)55-37-34(51)35(30(47)23(2)53-37)56-36-33(50)32(49)31(48)24(20-45)54-36/h11,15,23-37,45-51H,9-10,12-14,16-22H2,1-8H3/t23-,24-,25+,26-,27-,28-,29+,30+,31-,32+,33-,34-,35+,36+,37+,39+,40+,41-,42+,43-,44+/m1/s1. The Balaban J connectivity index is 1.06. The maximum atomic E-state index is 12.3. The van der Waals surface area contributed by atoms with Gasteiger partial charge >= 0.3 is 0 Å². The summed E-state index contributed by atoms with van der Waals surface area (Å²) in [4.78, 5) is 0. The summed E-state index contributed by atoms with van der Waals surface area (Å²) in [7, 11) is 0. The second-order valence-electron chi connectivity index (χ2n) is 21.6. The van der Waals surface area contributed by atoms with Crippen LogP contribution in [0.5, 0.6) is 0 Å². The first-order valence-corrected chi connectivity index (χ1v) is 21.8. The summed E-state index contributed by atoms with van der Waals surface area (Å²) >= 11 is 0. The summed E-state index contributed by atoms with van der Waals surface area (Å²) in [6.07, 6.45) is -0.581. The monoisotopic (exact) mass is 793 g/mol. The Morgan fingerprint density at radius 2 is 1.45 bits per heavy atom. The number of aliphatic hydroxyl groups is 7. The minimum Gasteiger partial charge on any atom is -0.394 e. The fraction of sp³-hybridized carbons (Fsp3) is 0.955. The van der Waals surface area contributed by atoms with Gasteiger partial charge in [0.05, 0.1) is 38.1 Å². The molecule has 0 radical (unpaired) electrons. The summed E-state index contributed by atoms with van der Waals surface area (Å²) in [6, 6.07) is 0. The summed E-state index contributed by atoms with van der Waals surface area (Å²) in [5.41, 5.74) is -0.637. The van der Waals surface area contributed by atoms with Gasteiger partial charge in [0, 0.05) is 10.8 Å². The van der Waals surface area contributed by atoms with E-state index < -0.39 is 74.1 Å². The number of aliphatic hydroxyl groups excluding tert-OH is 7. The van der Waals surface area contributed by atoms with Gasteiger partial charge in [-0.15, -0.1) is 0 Å². The Morgan fingerprint density at radius 1 is 0.732 bits per heavy atom. The molecule has 4 saturated carbocycles. The number of rotatable bonds is 6. The highest BCUT2D eigenvalue weighted by molar-refractivity contribution is 5.33. The summed E-state index contributed by atoms with van der Waals surface area (Å²) < 4.78 is 31.1. The van der Waals surface area contributed by atoms with Crippen LogP contribution in [0.3, 0.4) is 0 Å². The quantitative estimate of drug-likeness (QED) is 0.154. The molecule has 8 aliphatic rings. The number of hydrogen-bond donors (Lipinski definition) is 7. The molecular formula is C44H72O12. The lowest BCUT2D eigenvalue weighted by molar-refractivity contribution is -0.367. The molecule has 3 heterocycles. The average molecular weight is 793 g/mol. The summed E-state index contributed by atoms with van der Waals surface area (Å²) in [5.74, 6) is 0.965. The number of fused-ring (bicyclic) bond motifs is 4. The second kappa shape index (κ2) is 13.9. The first-order chi connectivity index (χ1) is 26.2. The molecule has 0 aromatic rings. The highest BCUT2D eigenvalue weighted by Gasteiger charge is 2.77. The normalized spacial score (nSPS) is 59.0. The number of hydrogen-bond acceptors (Lipinski definition) is 12. The molecule has 0 aromatic heterocycles. The van der Waals surface area contributed by atoms with Gasteiger partial charge in [-0.25, -0.2) is 0 Å². The molecule has 0 unspecified atom stereocenters. The van der Waals surface area contributed by atoms with Crippen LogP contribution >= 0.6 is 0 Å². The van der Waals surface area contributed by atoms with E-state index in [0.29, 0.717) is 18.4 Å². The lowest BCUT2D eigenvalue weighted by atomic mass is 9.28. The first kappa shape index (κ1) is 42.0. The van der Waals surface area contributed by atoms with E-state index in [-0.39, 0.29) is 49.9 Å². The summed E-state index contributed by atoms with van der Waals surface area (Å²) in [6.45, 7) is 19.3. The van der Waals surface area contributed by atoms with E-state index >= 15 is 0 Å². The Kier molecular flexibility index (Phi) is 10.4. The van der Waals surface area contributed by atoms with Gasteiger partial charge in [0.2, 0.25) is 0 Å². The van der Waals surface area contributed by atoms with E-state index in [9.17, 15) is 35.7 Å². The van der Waals surface area contributed by atoms with Crippen LogP contribution in [0, 0.1) is 55.7 Å². The van der Waals surface area contributed by atoms with Crippen LogP contribution in [0.25, 0.3) is 0 Å². The van der Waals surface area contributed by atoms with Crippen molar-refractivity contribution in [3.8, 4) is 0 Å². The highest BCUT2D eigenvalue weighted by Crippen LogP contribution is 2.80. The molecule has 8 rings (SSSR count). The van der Waals surface area contributed by atoms with Crippen LogP contribution in [0.2, 0.25) is 0 Å². The van der Waals surface area contributed by atoms with Gasteiger partial charge in [-0.05, 0) is 110 Å². The third-order valence-electron chi connectivity index (χ3n) is 18.8. The molecule has 3 aliphatic heterocycles. The number of ether oxygens (including phenoxy) is 5. The zero-order valence-electron chi connectivity index (χ0n) is 35.0. The molecule has 5 aliphatic carbocycles. The lowest BCUT2D eigenvalue weighted by Gasteiger charge is -2.77. The molecule has 56 heavy (non-hydrogen) atoms. The SMILES string of the molecule is CC[C@@]1(C)[C@@H]2CC[C@]3(C)[C@H](C=C[C@]45COC[C@@]6(CCC(C)(C)C[C@H]64)[C@H](O)C[C@]53C)[C@@]2(C)CC[C@@H]1O[C@@H]1O[C@H](C)[C@H](O)[C@H](O[C@@H]2O[C@H](CO)[C@@H](O)[C@H](O)[C@H]2O)[C@H]1O. The Labute approximate surface area is 333 Å². The van der Waals surface area contributed by atoms with E-state index in [1.165, 1.54) is 0 Å². The largest absolute Gasteiger partial charge is 0.394 e. The van der Waals surface area contributed by atoms with E-state index in [0.717, 1.165) is 64.4 Å². The molecular weight excluding hydrogens is 720 g/mol. The molecule has 12 nitrogen and oxygen atoms in total. The third kappa shape index (κ3) is 5.59. The van der Waals surface area contributed by atoms with E-state index in [2.05, 4.69) is 60.6 Å². The fourth-order valence-electron chi connectivity index (χ4n) is 15.0. The van der Waals surface area contributed by atoms with Gasteiger partial charge in [-0.3, -0.25) is 0 Å². The van der Waals surface area contributed by atoms with Crippen LogP contribution < -0.4 is 0 Å². The Hall–Kier alpha value is -0.740.